The number of imide groups is 1. The number of hydrogen-bond donors (Lipinski definition) is 2. The van der Waals surface area contributed by atoms with Gasteiger partial charge in [-0.05, 0) is 18.2 Å². The van der Waals surface area contributed by atoms with E-state index < -0.39 is 35.7 Å². The van der Waals surface area contributed by atoms with Crippen molar-refractivity contribution in [2.45, 2.75) is 12.0 Å². The molecule has 27 heavy (non-hydrogen) atoms. The van der Waals surface area contributed by atoms with Gasteiger partial charge < -0.3 is 15.4 Å². The summed E-state index contributed by atoms with van der Waals surface area (Å²) in [5, 5.41) is 5.09. The zero-order chi connectivity index (χ0) is 19.0. The van der Waals surface area contributed by atoms with Crippen molar-refractivity contribution in [1.29, 1.82) is 0 Å². The number of hydrogen-bond acceptors (Lipinski definition) is 4. The minimum atomic E-state index is -1.25. The van der Waals surface area contributed by atoms with Crippen molar-refractivity contribution in [3.8, 4) is 5.75 Å². The number of halogens is 1. The fourth-order valence-corrected chi connectivity index (χ4v) is 3.41. The SMILES string of the molecule is O=C(CN1C(=O)N[C@@]2(CCOc3ccccc32)C1=O)Nc1ccccc1F. The largest absolute Gasteiger partial charge is 0.493 e. The highest BCUT2D eigenvalue weighted by atomic mass is 19.1. The van der Waals surface area contributed by atoms with Crippen molar-refractivity contribution in [1.82, 2.24) is 10.2 Å². The van der Waals surface area contributed by atoms with Crippen LogP contribution in [0.1, 0.15) is 12.0 Å². The average molecular weight is 369 g/mol. The number of para-hydroxylation sites is 2. The smallest absolute Gasteiger partial charge is 0.325 e. The molecule has 2 aromatic rings. The number of carbonyl (C=O) groups is 3. The molecule has 0 bridgehead atoms. The standard InChI is InChI=1S/C19H16FN3O4/c20-13-6-2-3-7-14(13)21-16(24)11-23-17(25)19(22-18(23)26)9-10-27-15-8-4-1-5-12(15)19/h1-8H,9-11H2,(H,21,24)(H,22,26)/t19-/m1/s1. The summed E-state index contributed by atoms with van der Waals surface area (Å²) < 4.78 is 19.2. The fourth-order valence-electron chi connectivity index (χ4n) is 3.41. The maximum Gasteiger partial charge on any atom is 0.325 e. The molecule has 0 unspecified atom stereocenters. The van der Waals surface area contributed by atoms with Crippen LogP contribution in [0.5, 0.6) is 5.75 Å². The maximum absolute atomic E-state index is 13.7. The molecule has 0 saturated carbocycles. The molecule has 2 aliphatic heterocycles. The lowest BCUT2D eigenvalue weighted by Crippen LogP contribution is -2.48. The third-order valence-corrected chi connectivity index (χ3v) is 4.71. The van der Waals surface area contributed by atoms with Gasteiger partial charge in [-0.15, -0.1) is 0 Å². The maximum atomic E-state index is 13.7. The fraction of sp³-hybridized carbons (Fsp3) is 0.211. The summed E-state index contributed by atoms with van der Waals surface area (Å²) in [4.78, 5) is 38.6. The molecule has 1 spiro atoms. The van der Waals surface area contributed by atoms with Gasteiger partial charge in [0, 0.05) is 12.0 Å². The summed E-state index contributed by atoms with van der Waals surface area (Å²) in [6.07, 6.45) is 0.264. The highest BCUT2D eigenvalue weighted by Gasteiger charge is 2.55. The van der Waals surface area contributed by atoms with E-state index in [-0.39, 0.29) is 18.7 Å². The Morgan fingerprint density at radius 1 is 1.19 bits per heavy atom. The molecule has 1 atom stereocenters. The summed E-state index contributed by atoms with van der Waals surface area (Å²) in [5.74, 6) is -1.26. The number of nitrogens with one attached hydrogen (secondary N) is 2. The number of anilines is 1. The molecule has 0 aliphatic carbocycles. The van der Waals surface area contributed by atoms with Crippen molar-refractivity contribution < 1.29 is 23.5 Å². The van der Waals surface area contributed by atoms with Crippen molar-refractivity contribution in [2.24, 2.45) is 0 Å². The lowest BCUT2D eigenvalue weighted by molar-refractivity contribution is -0.135. The monoisotopic (exact) mass is 369 g/mol. The third kappa shape index (κ3) is 2.79. The van der Waals surface area contributed by atoms with Crippen LogP contribution >= 0.6 is 0 Å². The summed E-state index contributed by atoms with van der Waals surface area (Å²) in [6, 6.07) is 12.0. The zero-order valence-electron chi connectivity index (χ0n) is 14.2. The third-order valence-electron chi connectivity index (χ3n) is 4.71. The number of benzene rings is 2. The average Bonchev–Trinajstić information content (AvgIpc) is 2.89. The number of nitrogens with zero attached hydrogens (tertiary/aromatic N) is 1. The van der Waals surface area contributed by atoms with Gasteiger partial charge in [0.15, 0.2) is 5.54 Å². The lowest BCUT2D eigenvalue weighted by atomic mass is 9.84. The topological polar surface area (TPSA) is 87.7 Å². The van der Waals surface area contributed by atoms with Gasteiger partial charge in [-0.2, -0.15) is 0 Å². The van der Waals surface area contributed by atoms with Crippen LogP contribution in [0, 0.1) is 5.82 Å². The predicted molar refractivity (Wildman–Crippen MR) is 93.5 cm³/mol. The molecule has 2 aliphatic rings. The van der Waals surface area contributed by atoms with Crippen LogP contribution in [0.3, 0.4) is 0 Å². The van der Waals surface area contributed by atoms with Crippen molar-refractivity contribution in [3.63, 3.8) is 0 Å². The van der Waals surface area contributed by atoms with Crippen LogP contribution in [0.2, 0.25) is 0 Å². The van der Waals surface area contributed by atoms with Gasteiger partial charge in [0.1, 0.15) is 18.1 Å². The number of amides is 4. The van der Waals surface area contributed by atoms with Gasteiger partial charge in [0.2, 0.25) is 5.91 Å². The van der Waals surface area contributed by atoms with Crippen molar-refractivity contribution in [2.75, 3.05) is 18.5 Å². The molecular formula is C19H16FN3O4. The summed E-state index contributed by atoms with van der Waals surface area (Å²) >= 11 is 0. The van der Waals surface area contributed by atoms with Gasteiger partial charge in [0.05, 0.1) is 12.3 Å². The van der Waals surface area contributed by atoms with Crippen molar-refractivity contribution >= 4 is 23.5 Å². The molecule has 8 heteroatoms. The van der Waals surface area contributed by atoms with Gasteiger partial charge in [-0.25, -0.2) is 9.18 Å². The Hall–Kier alpha value is -3.42. The first kappa shape index (κ1) is 17.0. The molecule has 7 nitrogen and oxygen atoms in total. The Kier molecular flexibility index (Phi) is 4.02. The molecule has 2 heterocycles. The van der Waals surface area contributed by atoms with E-state index in [0.717, 1.165) is 4.90 Å². The second-order valence-corrected chi connectivity index (χ2v) is 6.35. The summed E-state index contributed by atoms with van der Waals surface area (Å²) in [5.41, 5.74) is -0.697. The van der Waals surface area contributed by atoms with Gasteiger partial charge in [-0.1, -0.05) is 30.3 Å². The second-order valence-electron chi connectivity index (χ2n) is 6.35. The molecule has 2 aromatic carbocycles. The van der Waals surface area contributed by atoms with E-state index in [1.165, 1.54) is 18.2 Å². The Morgan fingerprint density at radius 2 is 1.93 bits per heavy atom. The van der Waals surface area contributed by atoms with E-state index in [1.54, 1.807) is 30.3 Å². The second kappa shape index (κ2) is 6.39. The Balaban J connectivity index is 1.56. The van der Waals surface area contributed by atoms with E-state index in [4.69, 9.17) is 4.74 Å². The van der Waals surface area contributed by atoms with Crippen LogP contribution in [0.15, 0.2) is 48.5 Å². The first-order valence-electron chi connectivity index (χ1n) is 8.42. The molecule has 138 valence electrons. The van der Waals surface area contributed by atoms with Gasteiger partial charge in [0.25, 0.3) is 5.91 Å². The van der Waals surface area contributed by atoms with Crippen LogP contribution in [0.4, 0.5) is 14.9 Å². The number of urea groups is 1. The molecule has 2 N–H and O–H groups in total. The van der Waals surface area contributed by atoms with Crippen molar-refractivity contribution in [3.05, 3.63) is 59.9 Å². The van der Waals surface area contributed by atoms with Crippen LogP contribution < -0.4 is 15.4 Å². The minimum absolute atomic E-state index is 0.0133. The zero-order valence-corrected chi connectivity index (χ0v) is 14.2. The molecule has 0 radical (unpaired) electrons. The molecule has 4 amide bonds. The van der Waals surface area contributed by atoms with Crippen LogP contribution in [0.25, 0.3) is 0 Å². The first-order chi connectivity index (χ1) is 13.0. The van der Waals surface area contributed by atoms with Gasteiger partial charge >= 0.3 is 6.03 Å². The number of fused-ring (bicyclic) bond motifs is 2. The summed E-state index contributed by atoms with van der Waals surface area (Å²) in [6.45, 7) is -0.248. The predicted octanol–water partition coefficient (Wildman–Crippen LogP) is 1.99. The quantitative estimate of drug-likeness (QED) is 0.810. The Labute approximate surface area is 154 Å². The highest BCUT2D eigenvalue weighted by Crippen LogP contribution is 2.40. The molecule has 4 rings (SSSR count). The van der Waals surface area contributed by atoms with E-state index >= 15 is 0 Å². The van der Waals surface area contributed by atoms with Crippen LogP contribution in [-0.2, 0) is 15.1 Å². The molecule has 1 fully saturated rings. The molecular weight excluding hydrogens is 353 g/mol. The van der Waals surface area contributed by atoms with E-state index in [9.17, 15) is 18.8 Å². The van der Waals surface area contributed by atoms with E-state index in [0.29, 0.717) is 11.3 Å². The molecule has 1 saturated heterocycles. The van der Waals surface area contributed by atoms with Crippen LogP contribution in [-0.4, -0.2) is 35.9 Å². The first-order valence-corrected chi connectivity index (χ1v) is 8.42. The van der Waals surface area contributed by atoms with E-state index in [1.807, 2.05) is 0 Å². The minimum Gasteiger partial charge on any atom is -0.493 e. The highest BCUT2D eigenvalue weighted by molar-refractivity contribution is 6.10. The number of rotatable bonds is 3. The molecule has 0 aromatic heterocycles. The number of ether oxygens (including phenoxy) is 1. The normalized spacial score (nSPS) is 20.9. The Bertz CT molecular complexity index is 948. The van der Waals surface area contributed by atoms with E-state index in [2.05, 4.69) is 10.6 Å². The summed E-state index contributed by atoms with van der Waals surface area (Å²) in [7, 11) is 0. The Morgan fingerprint density at radius 3 is 2.74 bits per heavy atom. The number of carbonyl (C=O) groups excluding carboxylic acids is 3. The lowest BCUT2D eigenvalue weighted by Gasteiger charge is -2.33. The van der Waals surface area contributed by atoms with Gasteiger partial charge in [-0.3, -0.25) is 14.5 Å².